The quantitative estimate of drug-likeness (QED) is 0.219. The third kappa shape index (κ3) is 6.38. The molecule has 1 aromatic heterocycles. The number of likely N-dealkylation sites (N-methyl/N-ethyl adjacent to an activating group) is 1. The maximum absolute atomic E-state index is 13.8. The van der Waals surface area contributed by atoms with Gasteiger partial charge in [-0.05, 0) is 24.0 Å². The number of carbonyl (C=O) groups excluding carboxylic acids is 2. The van der Waals surface area contributed by atoms with Gasteiger partial charge in [-0.3, -0.25) is 9.69 Å². The molecular formula is C29H37N3O7S. The summed E-state index contributed by atoms with van der Waals surface area (Å²) < 4.78 is 12.9. The fourth-order valence-electron chi connectivity index (χ4n) is 5.55. The molecule has 2 N–H and O–H groups in total. The smallest absolute Gasteiger partial charge is 0.235 e. The van der Waals surface area contributed by atoms with Crippen LogP contribution in [0.3, 0.4) is 0 Å². The highest BCUT2D eigenvalue weighted by molar-refractivity contribution is 7.22. The Kier molecular flexibility index (Phi) is 9.29. The number of thiazole rings is 1. The van der Waals surface area contributed by atoms with Crippen molar-refractivity contribution in [3.63, 3.8) is 0 Å². The first-order valence-electron chi connectivity index (χ1n) is 13.3. The lowest BCUT2D eigenvalue weighted by molar-refractivity contribution is -0.910. The second kappa shape index (κ2) is 12.5. The number of quaternary nitrogens is 1. The van der Waals surface area contributed by atoms with E-state index in [2.05, 4.69) is 4.98 Å². The summed E-state index contributed by atoms with van der Waals surface area (Å²) in [6.45, 7) is 2.35. The molecule has 1 aliphatic carbocycles. The minimum absolute atomic E-state index is 0.0478. The summed E-state index contributed by atoms with van der Waals surface area (Å²) in [6.07, 6.45) is 1.02. The van der Waals surface area contributed by atoms with Crippen molar-refractivity contribution < 1.29 is 38.9 Å². The maximum atomic E-state index is 13.8. The van der Waals surface area contributed by atoms with E-state index in [0.29, 0.717) is 65.6 Å². The molecule has 0 aliphatic heterocycles. The highest BCUT2D eigenvalue weighted by Gasteiger charge is 2.46. The van der Waals surface area contributed by atoms with E-state index in [1.807, 2.05) is 37.4 Å². The van der Waals surface area contributed by atoms with Gasteiger partial charge in [0.15, 0.2) is 16.6 Å². The highest BCUT2D eigenvalue weighted by Crippen LogP contribution is 2.43. The summed E-state index contributed by atoms with van der Waals surface area (Å²) in [4.78, 5) is 31.6. The number of aliphatic hydroxyl groups excluding tert-OH is 2. The Labute approximate surface area is 238 Å². The number of benzene rings is 2. The van der Waals surface area contributed by atoms with Gasteiger partial charge in [0.05, 0.1) is 56.2 Å². The molecule has 2 aromatic carbocycles. The number of hydrogen-bond donors (Lipinski definition) is 2. The molecule has 4 rings (SSSR count). The number of amides is 1. The molecule has 0 bridgehead atoms. The van der Waals surface area contributed by atoms with Crippen molar-refractivity contribution in [2.45, 2.75) is 25.7 Å². The minimum Gasteiger partial charge on any atom is -0.550 e. The van der Waals surface area contributed by atoms with Gasteiger partial charge in [0.2, 0.25) is 5.91 Å². The average Bonchev–Trinajstić information content (AvgIpc) is 3.50. The zero-order valence-corrected chi connectivity index (χ0v) is 24.0. The fourth-order valence-corrected chi connectivity index (χ4v) is 6.49. The molecule has 0 unspecified atom stereocenters. The number of fused-ring (bicyclic) bond motifs is 2. The zero-order valence-electron chi connectivity index (χ0n) is 23.2. The summed E-state index contributed by atoms with van der Waals surface area (Å²) in [5, 5.41) is 30.9. The number of nitrogens with zero attached hydrogens (tertiary/aromatic N) is 3. The van der Waals surface area contributed by atoms with Crippen LogP contribution in [0.25, 0.3) is 10.2 Å². The van der Waals surface area contributed by atoms with E-state index in [9.17, 15) is 24.9 Å². The van der Waals surface area contributed by atoms with Gasteiger partial charge in [0.1, 0.15) is 13.1 Å². The van der Waals surface area contributed by atoms with Gasteiger partial charge < -0.3 is 34.1 Å². The number of carboxylic acids is 1. The number of methoxy groups -OCH3 is 1. The normalized spacial score (nSPS) is 14.2. The summed E-state index contributed by atoms with van der Waals surface area (Å²) >= 11 is 1.32. The van der Waals surface area contributed by atoms with Gasteiger partial charge in [-0.25, -0.2) is 4.98 Å². The van der Waals surface area contributed by atoms with Crippen LogP contribution in [0.5, 0.6) is 11.5 Å². The molecule has 1 aliphatic rings. The first kappa shape index (κ1) is 29.7. The van der Waals surface area contributed by atoms with Crippen molar-refractivity contribution in [2.24, 2.45) is 5.41 Å². The number of hydrogen-bond acceptors (Lipinski definition) is 9. The Balaban J connectivity index is 1.51. The number of anilines is 1. The molecule has 11 heteroatoms. The summed E-state index contributed by atoms with van der Waals surface area (Å²) in [7, 11) is 5.18. The van der Waals surface area contributed by atoms with Crippen molar-refractivity contribution in [1.82, 2.24) is 4.98 Å². The van der Waals surface area contributed by atoms with Gasteiger partial charge in [0, 0.05) is 38.0 Å². The Morgan fingerprint density at radius 1 is 1.10 bits per heavy atom. The topological polar surface area (TPSA) is 132 Å². The van der Waals surface area contributed by atoms with Crippen LogP contribution in [0.15, 0.2) is 36.4 Å². The number of carboxylic acid groups (broad SMARTS) is 1. The van der Waals surface area contributed by atoms with Crippen LogP contribution in [-0.2, 0) is 22.4 Å². The Hall–Kier alpha value is -3.25. The number of aliphatic hydroxyl groups is 2. The van der Waals surface area contributed by atoms with Crippen molar-refractivity contribution in [1.29, 1.82) is 0 Å². The summed E-state index contributed by atoms with van der Waals surface area (Å²) in [5.41, 5.74) is 1.47. The average molecular weight is 572 g/mol. The summed E-state index contributed by atoms with van der Waals surface area (Å²) in [5.74, 6) is -0.488. The number of rotatable bonds is 14. The number of carbonyl (C=O) groups is 2. The van der Waals surface area contributed by atoms with E-state index < -0.39 is 11.4 Å². The predicted molar refractivity (Wildman–Crippen MR) is 151 cm³/mol. The molecule has 0 saturated carbocycles. The third-order valence-corrected chi connectivity index (χ3v) is 8.84. The zero-order chi connectivity index (χ0) is 28.9. The van der Waals surface area contributed by atoms with Crippen LogP contribution in [0.2, 0.25) is 0 Å². The van der Waals surface area contributed by atoms with Gasteiger partial charge in [-0.1, -0.05) is 35.6 Å². The molecule has 0 fully saturated rings. The van der Waals surface area contributed by atoms with Crippen molar-refractivity contribution in [2.75, 3.05) is 65.6 Å². The standard InChI is InChI=1S/C29H37N3O7S/c1-31(27(37)29(19-26(35)36)17-20-7-4-5-8-21(20)18-29)28-30-22-15-24(23(38-3)16-25(22)40-28)39-14-6-9-32(2,10-12-33)11-13-34/h4-5,7-8,15-16,33-34H,6,9-14,17-19H2,1-3H3. The van der Waals surface area contributed by atoms with Crippen molar-refractivity contribution >= 4 is 38.6 Å². The molecule has 216 valence electrons. The van der Waals surface area contributed by atoms with Crippen LogP contribution in [-0.4, -0.2) is 92.2 Å². The van der Waals surface area contributed by atoms with Crippen LogP contribution < -0.4 is 19.5 Å². The van der Waals surface area contributed by atoms with Gasteiger partial charge >= 0.3 is 0 Å². The molecule has 1 heterocycles. The van der Waals surface area contributed by atoms with E-state index in [1.165, 1.54) is 16.2 Å². The predicted octanol–water partition coefficient (Wildman–Crippen LogP) is 1.39. The first-order chi connectivity index (χ1) is 19.1. The second-order valence-corrected chi connectivity index (χ2v) is 11.7. The van der Waals surface area contributed by atoms with Gasteiger partial charge in [0.25, 0.3) is 0 Å². The highest BCUT2D eigenvalue weighted by atomic mass is 32.1. The third-order valence-electron chi connectivity index (χ3n) is 7.75. The molecule has 1 amide bonds. The largest absolute Gasteiger partial charge is 0.550 e. The fraction of sp³-hybridized carbons (Fsp3) is 0.483. The molecule has 40 heavy (non-hydrogen) atoms. The minimum atomic E-state index is -1.25. The molecule has 0 saturated heterocycles. The van der Waals surface area contributed by atoms with E-state index in [1.54, 1.807) is 20.2 Å². The molecular weight excluding hydrogens is 534 g/mol. The van der Waals surface area contributed by atoms with Crippen LogP contribution in [0.1, 0.15) is 24.0 Å². The molecule has 3 aromatic rings. The monoisotopic (exact) mass is 571 g/mol. The SMILES string of the molecule is COc1cc2sc(N(C)C(=O)C3(CC(=O)[O-])Cc4ccccc4C3)nc2cc1OCCC[N+](C)(CCO)CCO. The van der Waals surface area contributed by atoms with E-state index >= 15 is 0 Å². The number of aliphatic carboxylic acids is 1. The lowest BCUT2D eigenvalue weighted by Gasteiger charge is -2.33. The number of aromatic nitrogens is 1. The lowest BCUT2D eigenvalue weighted by atomic mass is 9.80. The Bertz CT molecular complexity index is 1330. The second-order valence-electron chi connectivity index (χ2n) is 10.7. The van der Waals surface area contributed by atoms with Crippen molar-refractivity contribution in [3.05, 3.63) is 47.5 Å². The summed E-state index contributed by atoms with van der Waals surface area (Å²) in [6, 6.07) is 11.3. The molecule has 10 nitrogen and oxygen atoms in total. The molecule has 0 atom stereocenters. The van der Waals surface area contributed by atoms with Crippen LogP contribution in [0, 0.1) is 5.41 Å². The maximum Gasteiger partial charge on any atom is 0.235 e. The molecule has 0 spiro atoms. The van der Waals surface area contributed by atoms with Gasteiger partial charge in [-0.2, -0.15) is 0 Å². The first-order valence-corrected chi connectivity index (χ1v) is 14.2. The van der Waals surface area contributed by atoms with Crippen LogP contribution >= 0.6 is 11.3 Å². The Morgan fingerprint density at radius 2 is 1.75 bits per heavy atom. The number of ether oxygens (including phenoxy) is 2. The van der Waals surface area contributed by atoms with E-state index in [-0.39, 0.29) is 25.5 Å². The van der Waals surface area contributed by atoms with E-state index in [4.69, 9.17) is 9.47 Å². The van der Waals surface area contributed by atoms with Crippen molar-refractivity contribution in [3.8, 4) is 11.5 Å². The Morgan fingerprint density at radius 3 is 2.33 bits per heavy atom. The van der Waals surface area contributed by atoms with E-state index in [0.717, 1.165) is 22.4 Å². The van der Waals surface area contributed by atoms with Gasteiger partial charge in [-0.15, -0.1) is 0 Å². The van der Waals surface area contributed by atoms with Crippen LogP contribution in [0.4, 0.5) is 5.13 Å². The lowest BCUT2D eigenvalue weighted by Crippen LogP contribution is -2.49. The molecule has 0 radical (unpaired) electrons.